The van der Waals surface area contributed by atoms with Crippen molar-refractivity contribution in [3.8, 4) is 11.1 Å². The van der Waals surface area contributed by atoms with Crippen LogP contribution in [0.2, 0.25) is 0 Å². The Hall–Kier alpha value is -5.65. The zero-order valence-electron chi connectivity index (χ0n) is 34.4. The number of amides is 5. The topological polar surface area (TPSA) is 160 Å². The van der Waals surface area contributed by atoms with Gasteiger partial charge in [-0.2, -0.15) is 0 Å². The largest absolute Gasteiger partial charge is 0.449 e. The van der Waals surface area contributed by atoms with E-state index in [-0.39, 0.29) is 43.4 Å². The monoisotopic (exact) mass is 793 g/mol. The number of fused-ring (bicyclic) bond motifs is 3. The molecule has 310 valence electrons. The van der Waals surface area contributed by atoms with Gasteiger partial charge in [-0.15, -0.1) is 0 Å². The summed E-state index contributed by atoms with van der Waals surface area (Å²) in [6.07, 6.45) is 5.12. The molecule has 58 heavy (non-hydrogen) atoms. The summed E-state index contributed by atoms with van der Waals surface area (Å²) in [5.41, 5.74) is 10.7. The molecule has 1 aliphatic carbocycles. The van der Waals surface area contributed by atoms with Crippen LogP contribution in [0.5, 0.6) is 0 Å². The maximum Gasteiger partial charge on any atom is 0.408 e. The van der Waals surface area contributed by atoms with Gasteiger partial charge in [0.15, 0.2) is 0 Å². The van der Waals surface area contributed by atoms with Gasteiger partial charge in [0.1, 0.15) is 24.4 Å². The van der Waals surface area contributed by atoms with E-state index in [0.717, 1.165) is 27.8 Å². The van der Waals surface area contributed by atoms with Crippen molar-refractivity contribution in [3.05, 3.63) is 108 Å². The Morgan fingerprint density at radius 2 is 1.55 bits per heavy atom. The Labute approximate surface area is 342 Å². The summed E-state index contributed by atoms with van der Waals surface area (Å²) in [6.45, 7) is 10.3. The summed E-state index contributed by atoms with van der Waals surface area (Å²) in [4.78, 5) is 68.7. The number of carbonyl (C=O) groups excluding carboxylic acids is 5. The number of likely N-dealkylation sites (tertiary alicyclic amines) is 1. The quantitative estimate of drug-likeness (QED) is 0.0716. The van der Waals surface area contributed by atoms with Crippen LogP contribution < -0.4 is 16.4 Å². The molecule has 5 rings (SSSR count). The highest BCUT2D eigenvalue weighted by molar-refractivity contribution is 5.84. The van der Waals surface area contributed by atoms with Crippen LogP contribution in [0.4, 0.5) is 9.59 Å². The Kier molecular flexibility index (Phi) is 15.1. The number of hydrogen-bond acceptors (Lipinski definition) is 7. The lowest BCUT2D eigenvalue weighted by molar-refractivity contribution is -0.146. The maximum absolute atomic E-state index is 14.5. The minimum absolute atomic E-state index is 0.0752. The van der Waals surface area contributed by atoms with Crippen LogP contribution >= 0.6 is 0 Å². The summed E-state index contributed by atoms with van der Waals surface area (Å²) >= 11 is 0. The zero-order valence-corrected chi connectivity index (χ0v) is 34.4. The van der Waals surface area contributed by atoms with Crippen molar-refractivity contribution in [1.82, 2.24) is 20.4 Å². The average molecular weight is 794 g/mol. The van der Waals surface area contributed by atoms with E-state index in [2.05, 4.69) is 48.7 Å². The first-order valence-electron chi connectivity index (χ1n) is 20.4. The van der Waals surface area contributed by atoms with Crippen molar-refractivity contribution in [1.29, 1.82) is 0 Å². The second kappa shape index (κ2) is 20.2. The average Bonchev–Trinajstić information content (AvgIpc) is 3.79. The van der Waals surface area contributed by atoms with Crippen LogP contribution in [0.3, 0.4) is 0 Å². The highest BCUT2D eigenvalue weighted by atomic mass is 16.6. The predicted molar refractivity (Wildman–Crippen MR) is 223 cm³/mol. The third-order valence-corrected chi connectivity index (χ3v) is 10.5. The molecule has 1 saturated heterocycles. The summed E-state index contributed by atoms with van der Waals surface area (Å²) in [5, 5.41) is 5.71. The molecule has 4 atom stereocenters. The van der Waals surface area contributed by atoms with Crippen LogP contribution in [0, 0.1) is 11.8 Å². The summed E-state index contributed by atoms with van der Waals surface area (Å²) < 4.78 is 11.2. The number of primary amides is 1. The van der Waals surface area contributed by atoms with E-state index in [9.17, 15) is 24.0 Å². The third kappa shape index (κ3) is 11.7. The Bertz CT molecular complexity index is 1860. The van der Waals surface area contributed by atoms with Gasteiger partial charge in [-0.05, 0) is 93.0 Å². The molecule has 1 fully saturated rings. The number of rotatable bonds is 18. The van der Waals surface area contributed by atoms with Gasteiger partial charge in [0.2, 0.25) is 18.2 Å². The first-order valence-corrected chi connectivity index (χ1v) is 20.4. The summed E-state index contributed by atoms with van der Waals surface area (Å²) in [5.74, 6) is -1.35. The molecule has 12 nitrogen and oxygen atoms in total. The SMILES string of the molecule is CC(C)C[C@@H](/C=C/[C@H](Cc1ccccc1)C(=O)N1CCC[C@H]1N(C=O)[C@@H](CCCNC(=O)OCC1c2ccccc2-c2ccccc21)C(N)=O)NC(=O)OC(C)(C)C. The molecule has 12 heteroatoms. The number of carbonyl (C=O) groups is 5. The highest BCUT2D eigenvalue weighted by Crippen LogP contribution is 2.44. The number of alkyl carbamates (subject to hydrolysis) is 2. The van der Waals surface area contributed by atoms with Crippen LogP contribution in [-0.4, -0.2) is 83.8 Å². The van der Waals surface area contributed by atoms with Crippen LogP contribution in [0.25, 0.3) is 11.1 Å². The van der Waals surface area contributed by atoms with Crippen molar-refractivity contribution in [2.75, 3.05) is 19.7 Å². The highest BCUT2D eigenvalue weighted by Gasteiger charge is 2.39. The van der Waals surface area contributed by atoms with Gasteiger partial charge >= 0.3 is 12.2 Å². The molecule has 5 amide bonds. The molecule has 0 unspecified atom stereocenters. The number of nitrogens with one attached hydrogen (secondary N) is 2. The first kappa shape index (κ1) is 43.5. The zero-order chi connectivity index (χ0) is 41.8. The van der Waals surface area contributed by atoms with Gasteiger partial charge in [0.05, 0.1) is 12.0 Å². The molecule has 3 aromatic carbocycles. The van der Waals surface area contributed by atoms with Crippen LogP contribution in [-0.2, 0) is 30.3 Å². The number of benzene rings is 3. The Morgan fingerprint density at radius 3 is 2.16 bits per heavy atom. The molecule has 1 aliphatic heterocycles. The standard InChI is InChI=1S/C46H59N5O7/c1-31(2)27-34(49-45(56)58-46(3,4)5)24-23-33(28-32-15-7-6-8-16-32)43(54)50-26-14-22-41(50)51(30-52)40(42(47)53)21-13-25-48-44(55)57-29-39-37-19-11-9-17-35(37)36-18-10-12-20-38(36)39/h6-12,15-20,23-24,30-31,33-34,39-41H,13-14,21-22,25-29H2,1-5H3,(H2,47,53)(H,48,55)(H,49,56)/b24-23+/t33-,34-,40+,41-/m1/s1. The van der Waals surface area contributed by atoms with Crippen molar-refractivity contribution in [2.24, 2.45) is 17.6 Å². The molecule has 0 spiro atoms. The molecule has 0 aromatic heterocycles. The van der Waals surface area contributed by atoms with Gasteiger partial charge in [-0.3, -0.25) is 14.4 Å². The lowest BCUT2D eigenvalue weighted by atomic mass is 9.95. The maximum atomic E-state index is 14.5. The number of hydrogen-bond donors (Lipinski definition) is 3. The molecular weight excluding hydrogens is 735 g/mol. The molecular formula is C46H59N5O7. The second-order valence-electron chi connectivity index (χ2n) is 16.6. The minimum Gasteiger partial charge on any atom is -0.449 e. The third-order valence-electron chi connectivity index (χ3n) is 10.5. The van der Waals surface area contributed by atoms with Crippen LogP contribution in [0.1, 0.15) is 89.3 Å². The fourth-order valence-corrected chi connectivity index (χ4v) is 7.98. The minimum atomic E-state index is -1.00. The Morgan fingerprint density at radius 1 is 0.914 bits per heavy atom. The molecule has 4 N–H and O–H groups in total. The van der Waals surface area contributed by atoms with Crippen molar-refractivity contribution >= 4 is 30.4 Å². The van der Waals surface area contributed by atoms with Gasteiger partial charge in [-0.25, -0.2) is 9.59 Å². The van der Waals surface area contributed by atoms with E-state index in [1.165, 1.54) is 4.90 Å². The molecule has 1 heterocycles. The smallest absolute Gasteiger partial charge is 0.408 e. The van der Waals surface area contributed by atoms with E-state index < -0.39 is 41.8 Å². The van der Waals surface area contributed by atoms with Crippen LogP contribution in [0.15, 0.2) is 91.0 Å². The van der Waals surface area contributed by atoms with Gasteiger partial charge < -0.3 is 35.6 Å². The number of ether oxygens (including phenoxy) is 2. The van der Waals surface area contributed by atoms with E-state index in [0.29, 0.717) is 45.1 Å². The van der Waals surface area contributed by atoms with Gasteiger partial charge in [-0.1, -0.05) is 105 Å². The van der Waals surface area contributed by atoms with E-state index >= 15 is 0 Å². The Balaban J connectivity index is 1.22. The second-order valence-corrected chi connectivity index (χ2v) is 16.6. The normalized spacial score (nSPS) is 16.6. The molecule has 0 radical (unpaired) electrons. The van der Waals surface area contributed by atoms with Crippen molar-refractivity contribution < 1.29 is 33.4 Å². The first-order chi connectivity index (χ1) is 27.8. The molecule has 3 aromatic rings. The number of nitrogens with two attached hydrogens (primary N) is 1. The van der Waals surface area contributed by atoms with E-state index in [4.69, 9.17) is 15.2 Å². The van der Waals surface area contributed by atoms with Crippen molar-refractivity contribution in [2.45, 2.75) is 103 Å². The lowest BCUT2D eigenvalue weighted by Gasteiger charge is -2.37. The van der Waals surface area contributed by atoms with Gasteiger partial charge in [0.25, 0.3) is 0 Å². The fraction of sp³-hybridized carbons (Fsp3) is 0.457. The van der Waals surface area contributed by atoms with Crippen molar-refractivity contribution in [3.63, 3.8) is 0 Å². The molecule has 0 bridgehead atoms. The predicted octanol–water partition coefficient (Wildman–Crippen LogP) is 6.92. The molecule has 0 saturated carbocycles. The lowest BCUT2D eigenvalue weighted by Crippen LogP contribution is -2.55. The molecule has 2 aliphatic rings. The van der Waals surface area contributed by atoms with E-state index in [1.54, 1.807) is 25.7 Å². The van der Waals surface area contributed by atoms with E-state index in [1.807, 2.05) is 66.7 Å². The summed E-state index contributed by atoms with van der Waals surface area (Å²) in [7, 11) is 0. The number of nitrogens with zero attached hydrogens (tertiary/aromatic N) is 2. The summed E-state index contributed by atoms with van der Waals surface area (Å²) in [6, 6.07) is 24.5. The van der Waals surface area contributed by atoms with Gasteiger partial charge in [0, 0.05) is 19.0 Å². The fourth-order valence-electron chi connectivity index (χ4n) is 7.98.